The van der Waals surface area contributed by atoms with Gasteiger partial charge in [0.15, 0.2) is 5.78 Å². The number of aromatic nitrogens is 1. The minimum Gasteiger partial charge on any atom is -0.512 e. The summed E-state index contributed by atoms with van der Waals surface area (Å²) in [5, 5.41) is 17.4. The van der Waals surface area contributed by atoms with E-state index in [-0.39, 0.29) is 39.2 Å². The van der Waals surface area contributed by atoms with Gasteiger partial charge < -0.3 is 15.2 Å². The van der Waals surface area contributed by atoms with Crippen LogP contribution in [0.15, 0.2) is 42.3 Å². The Kier molecular flexibility index (Phi) is 10.1. The third-order valence-electron chi connectivity index (χ3n) is 3.12. The molecule has 1 aromatic heterocycles. The van der Waals surface area contributed by atoms with E-state index in [2.05, 4.69) is 31.0 Å². The number of aryl methyl sites for hydroxylation is 2. The maximum absolute atomic E-state index is 10.0. The monoisotopic (exact) mass is 507 g/mol. The molecule has 0 fully saturated rings. The number of hydrogen-bond acceptors (Lipinski definition) is 4. The van der Waals surface area contributed by atoms with Crippen molar-refractivity contribution in [3.05, 3.63) is 65.1 Å². The second-order valence-electron chi connectivity index (χ2n) is 5.32. The summed E-state index contributed by atoms with van der Waals surface area (Å²) in [6, 6.07) is 10.9. The molecule has 1 heterocycles. The molecule has 2 N–H and O–H groups in total. The number of aliphatic hydroxyl groups is 2. The molecule has 0 radical (unpaired) electrons. The van der Waals surface area contributed by atoms with E-state index in [0.717, 1.165) is 16.8 Å². The molecule has 1 aromatic carbocycles. The molecule has 0 amide bonds. The molecule has 4 nitrogen and oxygen atoms in total. The summed E-state index contributed by atoms with van der Waals surface area (Å²) >= 11 is 0. The summed E-state index contributed by atoms with van der Waals surface area (Å²) in [4.78, 5) is 14.3. The zero-order valence-corrected chi connectivity index (χ0v) is 16.5. The summed E-state index contributed by atoms with van der Waals surface area (Å²) in [7, 11) is 0. The number of nitrogens with zero attached hydrogens (tertiary/aromatic N) is 1. The largest absolute Gasteiger partial charge is 0.512 e. The van der Waals surface area contributed by atoms with Gasteiger partial charge in [0, 0.05) is 33.3 Å². The fourth-order valence-electron chi connectivity index (χ4n) is 1.83. The molecule has 0 bridgehead atoms. The van der Waals surface area contributed by atoms with Crippen LogP contribution >= 0.6 is 0 Å². The predicted molar refractivity (Wildman–Crippen MR) is 91.0 cm³/mol. The van der Waals surface area contributed by atoms with E-state index in [1.807, 2.05) is 18.2 Å². The first-order valence-electron chi connectivity index (χ1n) is 7.26. The molecule has 0 saturated heterocycles. The van der Waals surface area contributed by atoms with Gasteiger partial charge in [-0.2, -0.15) is 0 Å². The van der Waals surface area contributed by atoms with Crippen LogP contribution in [-0.2, 0) is 32.5 Å². The van der Waals surface area contributed by atoms with Crippen molar-refractivity contribution in [2.24, 2.45) is 0 Å². The van der Waals surface area contributed by atoms with Crippen molar-refractivity contribution in [1.29, 1.82) is 0 Å². The molecular formula is C19H22NO3Pt-. The molecule has 0 aliphatic rings. The van der Waals surface area contributed by atoms with Crippen molar-refractivity contribution in [3.63, 3.8) is 0 Å². The van der Waals surface area contributed by atoms with Crippen molar-refractivity contribution >= 4 is 5.78 Å². The van der Waals surface area contributed by atoms with E-state index in [9.17, 15) is 4.79 Å². The molecule has 2 aromatic rings. The Balaban J connectivity index is 0.000000570. The van der Waals surface area contributed by atoms with Crippen molar-refractivity contribution in [1.82, 2.24) is 4.98 Å². The summed E-state index contributed by atoms with van der Waals surface area (Å²) in [6.45, 7) is 7.03. The Labute approximate surface area is 157 Å². The number of aliphatic hydroxyl groups excluding tert-OH is 2. The Bertz CT molecular complexity index is 708. The summed E-state index contributed by atoms with van der Waals surface area (Å²) < 4.78 is 0. The van der Waals surface area contributed by atoms with Crippen LogP contribution in [0.2, 0.25) is 0 Å². The van der Waals surface area contributed by atoms with Crippen LogP contribution in [0.5, 0.6) is 0 Å². The molecular weight excluding hydrogens is 485 g/mol. The molecule has 2 rings (SSSR count). The minimum atomic E-state index is -0.125. The summed E-state index contributed by atoms with van der Waals surface area (Å²) in [5.74, 6) is -0.0625. The molecule has 0 unspecified atom stereocenters. The van der Waals surface area contributed by atoms with E-state index in [0.29, 0.717) is 0 Å². The van der Waals surface area contributed by atoms with Crippen LogP contribution in [0.1, 0.15) is 30.5 Å². The molecule has 132 valence electrons. The maximum Gasteiger partial charge on any atom is 0.155 e. The average molecular weight is 507 g/mol. The molecule has 0 aliphatic carbocycles. The quantitative estimate of drug-likeness (QED) is 0.378. The first kappa shape index (κ1) is 22.2. The number of rotatable bonds is 3. The van der Waals surface area contributed by atoms with Gasteiger partial charge in [-0.15, -0.1) is 34.9 Å². The first-order valence-corrected chi connectivity index (χ1v) is 7.26. The number of carbonyl (C=O) groups excluding carboxylic acids is 1. The second-order valence-corrected chi connectivity index (χ2v) is 5.32. The number of carbonyl (C=O) groups is 1. The standard InChI is InChI=1S/C14H14NO.C5H8O2.Pt/c1-10-3-4-13(7-11(10)2)14-8-12(9-16)5-6-15-14;1-4(6)3-5(2)7;/h3,5-8,16H,9H2,1-2H3;3,6H,1-2H3;/q-1;;/b;4-3-;. The van der Waals surface area contributed by atoms with Gasteiger partial charge in [-0.1, -0.05) is 19.9 Å². The van der Waals surface area contributed by atoms with Gasteiger partial charge in [-0.05, 0) is 31.2 Å². The van der Waals surface area contributed by atoms with E-state index in [1.165, 1.54) is 31.1 Å². The fourth-order valence-corrected chi connectivity index (χ4v) is 1.83. The normalized spacial score (nSPS) is 10.3. The Morgan fingerprint density at radius 3 is 2.38 bits per heavy atom. The first-order chi connectivity index (χ1) is 10.8. The van der Waals surface area contributed by atoms with Crippen LogP contribution in [0.25, 0.3) is 11.3 Å². The van der Waals surface area contributed by atoms with Gasteiger partial charge >= 0.3 is 0 Å². The minimum absolute atomic E-state index is 0. The third kappa shape index (κ3) is 7.67. The van der Waals surface area contributed by atoms with Crippen molar-refractivity contribution < 1.29 is 36.1 Å². The van der Waals surface area contributed by atoms with E-state index >= 15 is 0 Å². The van der Waals surface area contributed by atoms with Crippen LogP contribution in [0, 0.1) is 19.9 Å². The van der Waals surface area contributed by atoms with Gasteiger partial charge in [0.1, 0.15) is 0 Å². The molecule has 0 spiro atoms. The summed E-state index contributed by atoms with van der Waals surface area (Å²) in [5.41, 5.74) is 5.15. The third-order valence-corrected chi connectivity index (χ3v) is 3.12. The van der Waals surface area contributed by atoms with Crippen molar-refractivity contribution in [2.45, 2.75) is 34.3 Å². The Morgan fingerprint density at radius 2 is 1.92 bits per heavy atom. The van der Waals surface area contributed by atoms with Gasteiger partial charge in [-0.3, -0.25) is 4.79 Å². The number of benzene rings is 1. The zero-order valence-electron chi connectivity index (χ0n) is 14.2. The number of allylic oxidation sites excluding steroid dienone is 2. The van der Waals surface area contributed by atoms with E-state index < -0.39 is 0 Å². The number of pyridine rings is 1. The fraction of sp³-hybridized carbons (Fsp3) is 0.263. The SMILES string of the molecule is CC(=O)/C=C(/C)O.Cc1c[c-]c(-c2cc(CO)ccn2)cc1C.[Pt]. The maximum atomic E-state index is 10.0. The predicted octanol–water partition coefficient (Wildman–Crippen LogP) is 3.69. The molecule has 0 saturated carbocycles. The average Bonchev–Trinajstić information content (AvgIpc) is 2.49. The number of hydrogen-bond donors (Lipinski definition) is 2. The topological polar surface area (TPSA) is 70.4 Å². The van der Waals surface area contributed by atoms with Gasteiger partial charge in [-0.25, -0.2) is 0 Å². The van der Waals surface area contributed by atoms with Crippen molar-refractivity contribution in [3.8, 4) is 11.3 Å². The number of ketones is 1. The molecule has 0 aliphatic heterocycles. The smallest absolute Gasteiger partial charge is 0.155 e. The van der Waals surface area contributed by atoms with Crippen LogP contribution < -0.4 is 0 Å². The van der Waals surface area contributed by atoms with Crippen LogP contribution in [-0.4, -0.2) is 21.0 Å². The van der Waals surface area contributed by atoms with E-state index in [4.69, 9.17) is 10.2 Å². The van der Waals surface area contributed by atoms with E-state index in [1.54, 1.807) is 6.20 Å². The van der Waals surface area contributed by atoms with Crippen LogP contribution in [0.3, 0.4) is 0 Å². The molecule has 5 heteroatoms. The Hall–Kier alpha value is -1.77. The van der Waals surface area contributed by atoms with Gasteiger partial charge in [0.25, 0.3) is 0 Å². The van der Waals surface area contributed by atoms with Gasteiger partial charge in [0.05, 0.1) is 12.4 Å². The Morgan fingerprint density at radius 1 is 1.25 bits per heavy atom. The van der Waals surface area contributed by atoms with Gasteiger partial charge in [0.2, 0.25) is 0 Å². The van der Waals surface area contributed by atoms with Crippen LogP contribution in [0.4, 0.5) is 0 Å². The molecule has 24 heavy (non-hydrogen) atoms. The molecule has 0 atom stereocenters. The second kappa shape index (κ2) is 10.9. The zero-order chi connectivity index (χ0) is 17.4. The van der Waals surface area contributed by atoms with Crippen molar-refractivity contribution in [2.75, 3.05) is 0 Å². The summed E-state index contributed by atoms with van der Waals surface area (Å²) in [6.07, 6.45) is 2.88.